The molecule has 0 aromatic heterocycles. The molecule has 0 aliphatic heterocycles. The number of hydrogen-bond acceptors (Lipinski definition) is 7. The van der Waals surface area contributed by atoms with Gasteiger partial charge in [-0.1, -0.05) is 133 Å². The number of phosphoric acid groups is 1. The third-order valence-corrected chi connectivity index (χ3v) is 8.21. The topological polar surface area (TPSA) is 117 Å². The van der Waals surface area contributed by atoms with Crippen molar-refractivity contribution in [1.82, 2.24) is 0 Å². The maximum atomic E-state index is 11.9. The number of carbonyl (C=O) groups is 1. The molecule has 46 heavy (non-hydrogen) atoms. The first-order chi connectivity index (χ1) is 22.4. The van der Waals surface area contributed by atoms with Gasteiger partial charge in [0.25, 0.3) is 0 Å². The third kappa shape index (κ3) is 33.8. The number of nitrogens with two attached hydrogens (primary N) is 1. The molecule has 0 aliphatic carbocycles. The third-order valence-electron chi connectivity index (χ3n) is 7.23. The standard InChI is InChI=1S/C37H68NO7P/c1-3-5-6-7-8-9-10-11-12-13-14-15-16-17-18-19-20-21-22-23-24-25-26-27-28-29-32-42-34-36(45-37(39)30-4-2)35-44-46(40,41)43-33-31-38/h5-6,8-9,11-12,14-15,36H,3-4,7,10,13,16-35,38H2,1-2H3,(H,40,41)/b6-5-,9-8-,12-11-,15-14-. The second-order valence-corrected chi connectivity index (χ2v) is 13.2. The quantitative estimate of drug-likeness (QED) is 0.0301. The summed E-state index contributed by atoms with van der Waals surface area (Å²) in [6.07, 6.45) is 40.1. The van der Waals surface area contributed by atoms with E-state index >= 15 is 0 Å². The summed E-state index contributed by atoms with van der Waals surface area (Å²) in [6.45, 7) is 4.42. The van der Waals surface area contributed by atoms with Gasteiger partial charge in [-0.05, 0) is 51.4 Å². The van der Waals surface area contributed by atoms with Crippen molar-refractivity contribution in [3.63, 3.8) is 0 Å². The van der Waals surface area contributed by atoms with Crippen LogP contribution in [0.15, 0.2) is 48.6 Å². The van der Waals surface area contributed by atoms with Crippen LogP contribution in [0.2, 0.25) is 0 Å². The van der Waals surface area contributed by atoms with Crippen LogP contribution in [0, 0.1) is 0 Å². The Bertz CT molecular complexity index is 844. The van der Waals surface area contributed by atoms with E-state index in [0.717, 1.165) is 38.5 Å². The molecule has 2 atom stereocenters. The maximum Gasteiger partial charge on any atom is 0.472 e. The molecule has 0 aliphatic rings. The number of esters is 1. The van der Waals surface area contributed by atoms with Crippen molar-refractivity contribution in [3.8, 4) is 0 Å². The van der Waals surface area contributed by atoms with Gasteiger partial charge in [-0.2, -0.15) is 0 Å². The van der Waals surface area contributed by atoms with Crippen molar-refractivity contribution in [2.75, 3.05) is 33.0 Å². The van der Waals surface area contributed by atoms with Crippen molar-refractivity contribution in [2.45, 2.75) is 148 Å². The van der Waals surface area contributed by atoms with Crippen molar-refractivity contribution >= 4 is 13.8 Å². The van der Waals surface area contributed by atoms with Gasteiger partial charge in [0.2, 0.25) is 0 Å². The van der Waals surface area contributed by atoms with Crippen molar-refractivity contribution in [1.29, 1.82) is 0 Å². The molecule has 268 valence electrons. The van der Waals surface area contributed by atoms with Gasteiger partial charge in [0.15, 0.2) is 0 Å². The van der Waals surface area contributed by atoms with E-state index in [0.29, 0.717) is 13.0 Å². The summed E-state index contributed by atoms with van der Waals surface area (Å²) in [5.41, 5.74) is 5.29. The van der Waals surface area contributed by atoms with Gasteiger partial charge in [-0.3, -0.25) is 13.8 Å². The van der Waals surface area contributed by atoms with Crippen LogP contribution in [0.25, 0.3) is 0 Å². The molecule has 0 aromatic rings. The molecule has 0 saturated heterocycles. The van der Waals surface area contributed by atoms with E-state index in [1.807, 2.05) is 6.92 Å². The lowest BCUT2D eigenvalue weighted by Crippen LogP contribution is -2.28. The van der Waals surface area contributed by atoms with E-state index in [1.54, 1.807) is 0 Å². The van der Waals surface area contributed by atoms with Crippen LogP contribution in [0.3, 0.4) is 0 Å². The molecule has 0 rings (SSSR count). The molecule has 3 N–H and O–H groups in total. The van der Waals surface area contributed by atoms with Gasteiger partial charge in [-0.15, -0.1) is 0 Å². The summed E-state index contributed by atoms with van der Waals surface area (Å²) in [7, 11) is -4.24. The Kier molecular flexibility index (Phi) is 33.6. The summed E-state index contributed by atoms with van der Waals surface area (Å²) in [5, 5.41) is 0. The van der Waals surface area contributed by atoms with E-state index in [9.17, 15) is 14.3 Å². The van der Waals surface area contributed by atoms with Crippen molar-refractivity contribution in [3.05, 3.63) is 48.6 Å². The molecule has 0 heterocycles. The molecule has 0 bridgehead atoms. The lowest BCUT2D eigenvalue weighted by Gasteiger charge is -2.19. The molecule has 0 radical (unpaired) electrons. The van der Waals surface area contributed by atoms with Crippen LogP contribution in [-0.4, -0.2) is 49.9 Å². The van der Waals surface area contributed by atoms with E-state index in [4.69, 9.17) is 24.3 Å². The fourth-order valence-corrected chi connectivity index (χ4v) is 5.44. The average molecular weight is 670 g/mol. The molecule has 2 unspecified atom stereocenters. The van der Waals surface area contributed by atoms with Gasteiger partial charge < -0.3 is 20.1 Å². The average Bonchev–Trinajstić information content (AvgIpc) is 3.04. The number of phosphoric ester groups is 1. The summed E-state index contributed by atoms with van der Waals surface area (Å²) >= 11 is 0. The molecule has 0 aromatic carbocycles. The Hall–Kier alpha value is -1.54. The van der Waals surface area contributed by atoms with Crippen LogP contribution in [-0.2, 0) is 27.9 Å². The highest BCUT2D eigenvalue weighted by molar-refractivity contribution is 7.47. The fraction of sp³-hybridized carbons (Fsp3) is 0.757. The molecule has 8 nitrogen and oxygen atoms in total. The highest BCUT2D eigenvalue weighted by Gasteiger charge is 2.25. The first kappa shape index (κ1) is 44.5. The Morgan fingerprint density at radius 1 is 0.674 bits per heavy atom. The minimum atomic E-state index is -4.24. The summed E-state index contributed by atoms with van der Waals surface area (Å²) < 4.78 is 32.6. The Labute approximate surface area is 281 Å². The predicted molar refractivity (Wildman–Crippen MR) is 192 cm³/mol. The first-order valence-electron chi connectivity index (χ1n) is 18.1. The molecule has 0 saturated carbocycles. The molecule has 0 amide bonds. The first-order valence-corrected chi connectivity index (χ1v) is 19.6. The van der Waals surface area contributed by atoms with E-state index in [2.05, 4.69) is 55.5 Å². The minimum Gasteiger partial charge on any atom is -0.457 e. The number of carbonyl (C=O) groups excluding carboxylic acids is 1. The predicted octanol–water partition coefficient (Wildman–Crippen LogP) is 10.1. The van der Waals surface area contributed by atoms with Crippen LogP contribution in [0.5, 0.6) is 0 Å². The zero-order valence-electron chi connectivity index (χ0n) is 29.3. The Morgan fingerprint density at radius 2 is 1.17 bits per heavy atom. The van der Waals surface area contributed by atoms with Crippen LogP contribution < -0.4 is 5.73 Å². The van der Waals surface area contributed by atoms with E-state index < -0.39 is 13.9 Å². The van der Waals surface area contributed by atoms with Gasteiger partial charge in [0, 0.05) is 19.6 Å². The van der Waals surface area contributed by atoms with Crippen molar-refractivity contribution in [2.24, 2.45) is 5.73 Å². The SMILES string of the molecule is CC/C=C\C/C=C\C/C=C\C/C=C\CCCCCCCCCCCCCCCOCC(COP(=O)(O)OCCN)OC(=O)CCC. The fourth-order valence-electron chi connectivity index (χ4n) is 4.67. The number of allylic oxidation sites excluding steroid dienone is 8. The largest absolute Gasteiger partial charge is 0.472 e. The zero-order chi connectivity index (χ0) is 33.8. The zero-order valence-corrected chi connectivity index (χ0v) is 30.2. The minimum absolute atomic E-state index is 0.0980. The highest BCUT2D eigenvalue weighted by atomic mass is 31.2. The van der Waals surface area contributed by atoms with Gasteiger partial charge in [0.05, 0.1) is 19.8 Å². The molecular formula is C37H68NO7P. The monoisotopic (exact) mass is 669 g/mol. The van der Waals surface area contributed by atoms with Gasteiger partial charge >= 0.3 is 13.8 Å². The lowest BCUT2D eigenvalue weighted by atomic mass is 10.0. The second-order valence-electron chi connectivity index (χ2n) is 11.7. The number of ether oxygens (including phenoxy) is 2. The van der Waals surface area contributed by atoms with Gasteiger partial charge in [0.1, 0.15) is 6.10 Å². The normalized spacial score (nSPS) is 14.3. The number of hydrogen-bond donors (Lipinski definition) is 2. The highest BCUT2D eigenvalue weighted by Crippen LogP contribution is 2.43. The smallest absolute Gasteiger partial charge is 0.457 e. The summed E-state index contributed by atoms with van der Waals surface area (Å²) in [5.74, 6) is -0.385. The Morgan fingerprint density at radius 3 is 1.70 bits per heavy atom. The summed E-state index contributed by atoms with van der Waals surface area (Å²) in [4.78, 5) is 21.6. The van der Waals surface area contributed by atoms with Gasteiger partial charge in [-0.25, -0.2) is 4.57 Å². The molecule has 9 heteroatoms. The summed E-state index contributed by atoms with van der Waals surface area (Å²) in [6, 6.07) is 0. The molecule has 0 spiro atoms. The van der Waals surface area contributed by atoms with E-state index in [1.165, 1.54) is 77.0 Å². The van der Waals surface area contributed by atoms with Crippen LogP contribution >= 0.6 is 7.82 Å². The van der Waals surface area contributed by atoms with E-state index in [-0.39, 0.29) is 38.8 Å². The van der Waals surface area contributed by atoms with Crippen LogP contribution in [0.4, 0.5) is 0 Å². The number of unbranched alkanes of at least 4 members (excludes halogenated alkanes) is 13. The van der Waals surface area contributed by atoms with Crippen LogP contribution in [0.1, 0.15) is 142 Å². The molecular weight excluding hydrogens is 601 g/mol. The lowest BCUT2D eigenvalue weighted by molar-refractivity contribution is -0.154. The second kappa shape index (κ2) is 34.8. The van der Waals surface area contributed by atoms with Crippen molar-refractivity contribution < 1.29 is 32.8 Å². The maximum absolute atomic E-state index is 11.9. The number of rotatable bonds is 34. The molecule has 0 fully saturated rings. The Balaban J connectivity index is 3.62.